The smallest absolute Gasteiger partial charge is 0.406 e. The van der Waals surface area contributed by atoms with Crippen LogP contribution < -0.4 is 9.64 Å². The number of halogens is 3. The second-order valence-corrected chi connectivity index (χ2v) is 6.57. The lowest BCUT2D eigenvalue weighted by Crippen LogP contribution is -2.20. The van der Waals surface area contributed by atoms with Crippen LogP contribution in [0.4, 0.5) is 18.9 Å². The van der Waals surface area contributed by atoms with E-state index in [4.69, 9.17) is 0 Å². The number of hydrogen-bond acceptors (Lipinski definition) is 4. The maximum Gasteiger partial charge on any atom is 0.573 e. The minimum atomic E-state index is -4.65. The Balaban J connectivity index is 1.56. The molecule has 3 rings (SSSR count). The predicted molar refractivity (Wildman–Crippen MR) is 83.8 cm³/mol. The average molecular weight is 340 g/mol. The zero-order valence-electron chi connectivity index (χ0n) is 12.2. The summed E-state index contributed by atoms with van der Waals surface area (Å²) in [7, 11) is 0. The van der Waals surface area contributed by atoms with Gasteiger partial charge in [0.05, 0.1) is 0 Å². The topological polar surface area (TPSA) is 25.4 Å². The lowest BCUT2D eigenvalue weighted by Gasteiger charge is -2.18. The molecule has 1 fully saturated rings. The minimum absolute atomic E-state index is 0.188. The van der Waals surface area contributed by atoms with Crippen LogP contribution in [-0.4, -0.2) is 29.7 Å². The largest absolute Gasteiger partial charge is 0.573 e. The van der Waals surface area contributed by atoms with E-state index in [-0.39, 0.29) is 5.75 Å². The van der Waals surface area contributed by atoms with Crippen LogP contribution in [0, 0.1) is 0 Å². The van der Waals surface area contributed by atoms with Gasteiger partial charge in [-0.3, -0.25) is 4.98 Å². The Bertz CT molecular complexity index is 634. The molecule has 122 valence electrons. The summed E-state index contributed by atoms with van der Waals surface area (Å²) in [5.74, 6) is -0.188. The molecule has 1 unspecified atom stereocenters. The Morgan fingerprint density at radius 2 is 1.78 bits per heavy atom. The van der Waals surface area contributed by atoms with Crippen molar-refractivity contribution in [3.8, 4) is 5.75 Å². The van der Waals surface area contributed by atoms with E-state index in [1.54, 1.807) is 36.3 Å². The normalized spacial score (nSPS) is 18.2. The van der Waals surface area contributed by atoms with Crippen LogP contribution >= 0.6 is 11.8 Å². The number of pyridine rings is 1. The molecule has 0 saturated carbocycles. The lowest BCUT2D eigenvalue weighted by atomic mass is 10.3. The molecule has 1 aliphatic rings. The third-order valence-corrected chi connectivity index (χ3v) is 4.80. The van der Waals surface area contributed by atoms with Gasteiger partial charge in [0.2, 0.25) is 0 Å². The Labute approximate surface area is 136 Å². The molecule has 0 bridgehead atoms. The first-order valence-electron chi connectivity index (χ1n) is 7.17. The molecule has 1 atom stereocenters. The zero-order chi connectivity index (χ0) is 16.3. The number of thioether (sulfide) groups is 1. The highest BCUT2D eigenvalue weighted by atomic mass is 32.2. The van der Waals surface area contributed by atoms with Crippen molar-refractivity contribution < 1.29 is 17.9 Å². The first-order chi connectivity index (χ1) is 11.0. The van der Waals surface area contributed by atoms with Crippen LogP contribution in [0.3, 0.4) is 0 Å². The third kappa shape index (κ3) is 4.54. The van der Waals surface area contributed by atoms with Crippen molar-refractivity contribution in [3.05, 3.63) is 48.8 Å². The predicted octanol–water partition coefficient (Wildman–Crippen LogP) is 4.35. The molecule has 0 spiro atoms. The molecular weight excluding hydrogens is 325 g/mol. The first kappa shape index (κ1) is 16.0. The summed E-state index contributed by atoms with van der Waals surface area (Å²) < 4.78 is 40.3. The van der Waals surface area contributed by atoms with Crippen molar-refractivity contribution in [1.82, 2.24) is 4.98 Å². The maximum absolute atomic E-state index is 12.1. The van der Waals surface area contributed by atoms with E-state index < -0.39 is 6.36 Å². The van der Waals surface area contributed by atoms with Gasteiger partial charge in [0.15, 0.2) is 0 Å². The molecule has 23 heavy (non-hydrogen) atoms. The summed E-state index contributed by atoms with van der Waals surface area (Å²) in [6.45, 7) is 1.88. The lowest BCUT2D eigenvalue weighted by molar-refractivity contribution is -0.274. The minimum Gasteiger partial charge on any atom is -0.406 e. The van der Waals surface area contributed by atoms with E-state index in [9.17, 15) is 13.2 Å². The maximum atomic E-state index is 12.1. The van der Waals surface area contributed by atoms with Gasteiger partial charge in [-0.2, -0.15) is 0 Å². The number of hydrogen-bond donors (Lipinski definition) is 0. The number of anilines is 1. The quantitative estimate of drug-likeness (QED) is 0.826. The van der Waals surface area contributed by atoms with Crippen LogP contribution in [-0.2, 0) is 0 Å². The summed E-state index contributed by atoms with van der Waals surface area (Å²) in [4.78, 5) is 7.25. The van der Waals surface area contributed by atoms with E-state index in [0.717, 1.165) is 30.1 Å². The van der Waals surface area contributed by atoms with E-state index >= 15 is 0 Å². The van der Waals surface area contributed by atoms with Crippen molar-refractivity contribution >= 4 is 17.4 Å². The Morgan fingerprint density at radius 3 is 2.43 bits per heavy atom. The molecule has 1 aliphatic heterocycles. The molecule has 0 amide bonds. The van der Waals surface area contributed by atoms with Gasteiger partial charge >= 0.3 is 6.36 Å². The van der Waals surface area contributed by atoms with Crippen LogP contribution in [0.2, 0.25) is 0 Å². The van der Waals surface area contributed by atoms with Crippen molar-refractivity contribution in [2.45, 2.75) is 22.9 Å². The molecule has 2 aromatic rings. The molecule has 1 saturated heterocycles. The van der Waals surface area contributed by atoms with Gasteiger partial charge in [0.1, 0.15) is 5.75 Å². The van der Waals surface area contributed by atoms with E-state index in [2.05, 4.69) is 14.6 Å². The van der Waals surface area contributed by atoms with Gasteiger partial charge in [-0.25, -0.2) is 0 Å². The molecule has 0 N–H and O–H groups in total. The monoisotopic (exact) mass is 340 g/mol. The highest BCUT2D eigenvalue weighted by molar-refractivity contribution is 8.00. The summed E-state index contributed by atoms with van der Waals surface area (Å²) in [6, 6.07) is 10.0. The fourth-order valence-corrected chi connectivity index (χ4v) is 3.68. The first-order valence-corrected chi connectivity index (χ1v) is 8.05. The van der Waals surface area contributed by atoms with Crippen molar-refractivity contribution in [1.29, 1.82) is 0 Å². The van der Waals surface area contributed by atoms with Crippen LogP contribution in [0.25, 0.3) is 0 Å². The Hall–Kier alpha value is -1.89. The van der Waals surface area contributed by atoms with Crippen LogP contribution in [0.5, 0.6) is 5.75 Å². The van der Waals surface area contributed by atoms with Crippen LogP contribution in [0.15, 0.2) is 53.7 Å². The van der Waals surface area contributed by atoms with Gasteiger partial charge in [0.25, 0.3) is 0 Å². The molecule has 3 nitrogen and oxygen atoms in total. The SMILES string of the molecule is FC(F)(F)Oc1ccc(SC2CCN(c3ccncc3)C2)cc1. The van der Waals surface area contributed by atoms with Gasteiger partial charge in [-0.05, 0) is 42.8 Å². The molecule has 1 aromatic carbocycles. The number of aromatic nitrogens is 1. The van der Waals surface area contributed by atoms with Gasteiger partial charge < -0.3 is 9.64 Å². The summed E-state index contributed by atoms with van der Waals surface area (Å²) in [6.07, 6.45) is -0.0662. The van der Waals surface area contributed by atoms with Crippen LogP contribution in [0.1, 0.15) is 6.42 Å². The summed E-state index contributed by atoms with van der Waals surface area (Å²) in [5.41, 5.74) is 1.15. The van der Waals surface area contributed by atoms with E-state index in [1.165, 1.54) is 12.1 Å². The second-order valence-electron chi connectivity index (χ2n) is 5.20. The second kappa shape index (κ2) is 6.70. The van der Waals surface area contributed by atoms with Gasteiger partial charge in [-0.15, -0.1) is 24.9 Å². The highest BCUT2D eigenvalue weighted by Crippen LogP contribution is 2.33. The van der Waals surface area contributed by atoms with Crippen molar-refractivity contribution in [2.75, 3.05) is 18.0 Å². The molecule has 0 radical (unpaired) electrons. The molecule has 2 heterocycles. The molecule has 7 heteroatoms. The van der Waals surface area contributed by atoms with Crippen molar-refractivity contribution in [2.24, 2.45) is 0 Å². The molecule has 1 aromatic heterocycles. The number of benzene rings is 1. The molecule has 0 aliphatic carbocycles. The van der Waals surface area contributed by atoms with Gasteiger partial charge in [-0.1, -0.05) is 0 Å². The van der Waals surface area contributed by atoms with Crippen molar-refractivity contribution in [3.63, 3.8) is 0 Å². The highest BCUT2D eigenvalue weighted by Gasteiger charge is 2.31. The number of alkyl halides is 3. The number of nitrogens with zero attached hydrogens (tertiary/aromatic N) is 2. The summed E-state index contributed by atoms with van der Waals surface area (Å²) in [5, 5.41) is 0.414. The summed E-state index contributed by atoms with van der Waals surface area (Å²) >= 11 is 1.68. The number of ether oxygens (including phenoxy) is 1. The van der Waals surface area contributed by atoms with E-state index in [1.807, 2.05) is 12.1 Å². The Kier molecular flexibility index (Phi) is 4.66. The van der Waals surface area contributed by atoms with Gasteiger partial charge in [0, 0.05) is 41.3 Å². The average Bonchev–Trinajstić information content (AvgIpc) is 2.97. The fourth-order valence-electron chi connectivity index (χ4n) is 2.53. The third-order valence-electron chi connectivity index (χ3n) is 3.53. The standard InChI is InChI=1S/C16H15F3N2OS/c17-16(18,19)22-13-1-3-14(4-2-13)23-15-7-10-21(11-15)12-5-8-20-9-6-12/h1-6,8-9,15H,7,10-11H2. The van der Waals surface area contributed by atoms with E-state index in [0.29, 0.717) is 5.25 Å². The zero-order valence-corrected chi connectivity index (χ0v) is 13.0. The number of rotatable bonds is 4. The fraction of sp³-hybridized carbons (Fsp3) is 0.312. The Morgan fingerprint density at radius 1 is 1.09 bits per heavy atom. The molecular formula is C16H15F3N2OS.